The summed E-state index contributed by atoms with van der Waals surface area (Å²) in [6.07, 6.45) is 1.04. The SMILES string of the molecule is Cc1cc(C)c(C2=NCCCO2)c(C)c1. The van der Waals surface area contributed by atoms with Gasteiger partial charge in [-0.15, -0.1) is 0 Å². The Morgan fingerprint density at radius 3 is 2.33 bits per heavy atom. The average Bonchev–Trinajstić information content (AvgIpc) is 2.17. The Morgan fingerprint density at radius 2 is 1.80 bits per heavy atom. The fourth-order valence-electron chi connectivity index (χ4n) is 2.13. The predicted octanol–water partition coefficient (Wildman–Crippen LogP) is 2.78. The molecule has 1 aliphatic rings. The molecule has 1 aliphatic heterocycles. The topological polar surface area (TPSA) is 21.6 Å². The van der Waals surface area contributed by atoms with Crippen molar-refractivity contribution in [1.29, 1.82) is 0 Å². The van der Waals surface area contributed by atoms with E-state index in [0.717, 1.165) is 25.5 Å². The molecular weight excluding hydrogens is 186 g/mol. The highest BCUT2D eigenvalue weighted by Gasteiger charge is 2.14. The third-order valence-electron chi connectivity index (χ3n) is 2.69. The highest BCUT2D eigenvalue weighted by atomic mass is 16.5. The van der Waals surface area contributed by atoms with Gasteiger partial charge in [-0.05, 0) is 31.9 Å². The zero-order chi connectivity index (χ0) is 10.8. The summed E-state index contributed by atoms with van der Waals surface area (Å²) in [5.41, 5.74) is 4.99. The summed E-state index contributed by atoms with van der Waals surface area (Å²) in [5, 5.41) is 0. The second kappa shape index (κ2) is 4.05. The van der Waals surface area contributed by atoms with Gasteiger partial charge in [0.2, 0.25) is 5.90 Å². The van der Waals surface area contributed by atoms with Crippen molar-refractivity contribution in [2.45, 2.75) is 27.2 Å². The van der Waals surface area contributed by atoms with Gasteiger partial charge in [0.15, 0.2) is 0 Å². The van der Waals surface area contributed by atoms with E-state index in [2.05, 4.69) is 37.9 Å². The maximum atomic E-state index is 5.62. The summed E-state index contributed by atoms with van der Waals surface area (Å²) >= 11 is 0. The van der Waals surface area contributed by atoms with Crippen LogP contribution in [-0.2, 0) is 4.74 Å². The number of aliphatic imine (C=N–C) groups is 1. The molecule has 2 heteroatoms. The van der Waals surface area contributed by atoms with Crippen LogP contribution in [0.4, 0.5) is 0 Å². The van der Waals surface area contributed by atoms with Crippen LogP contribution in [0.3, 0.4) is 0 Å². The van der Waals surface area contributed by atoms with E-state index in [0.29, 0.717) is 0 Å². The summed E-state index contributed by atoms with van der Waals surface area (Å²) in [4.78, 5) is 4.45. The quantitative estimate of drug-likeness (QED) is 0.687. The highest BCUT2D eigenvalue weighted by molar-refractivity contribution is 5.97. The van der Waals surface area contributed by atoms with E-state index in [9.17, 15) is 0 Å². The first-order valence-corrected chi connectivity index (χ1v) is 5.44. The first kappa shape index (κ1) is 10.2. The van der Waals surface area contributed by atoms with Crippen LogP contribution >= 0.6 is 0 Å². The van der Waals surface area contributed by atoms with E-state index < -0.39 is 0 Å². The second-order valence-electron chi connectivity index (χ2n) is 4.16. The van der Waals surface area contributed by atoms with Crippen molar-refractivity contribution in [3.8, 4) is 0 Å². The molecular formula is C13H17NO. The van der Waals surface area contributed by atoms with E-state index in [-0.39, 0.29) is 0 Å². The number of rotatable bonds is 1. The minimum atomic E-state index is 0.797. The van der Waals surface area contributed by atoms with Gasteiger partial charge in [0.25, 0.3) is 0 Å². The lowest BCUT2D eigenvalue weighted by Crippen LogP contribution is -2.17. The van der Waals surface area contributed by atoms with Crippen LogP contribution in [0, 0.1) is 20.8 Å². The maximum Gasteiger partial charge on any atom is 0.216 e. The normalized spacial score (nSPS) is 15.8. The smallest absolute Gasteiger partial charge is 0.216 e. The Bertz CT molecular complexity index is 384. The Hall–Kier alpha value is -1.31. The van der Waals surface area contributed by atoms with Crippen LogP contribution in [0.25, 0.3) is 0 Å². The fraction of sp³-hybridized carbons (Fsp3) is 0.462. The third-order valence-corrected chi connectivity index (χ3v) is 2.69. The lowest BCUT2D eigenvalue weighted by molar-refractivity contribution is 0.284. The first-order chi connectivity index (χ1) is 7.18. The summed E-state index contributed by atoms with van der Waals surface area (Å²) in [5.74, 6) is 0.830. The van der Waals surface area contributed by atoms with E-state index >= 15 is 0 Å². The minimum absolute atomic E-state index is 0.797. The third kappa shape index (κ3) is 2.04. The minimum Gasteiger partial charge on any atom is -0.477 e. The summed E-state index contributed by atoms with van der Waals surface area (Å²) in [6.45, 7) is 8.05. The predicted molar refractivity (Wildman–Crippen MR) is 62.6 cm³/mol. The van der Waals surface area contributed by atoms with E-state index in [1.54, 1.807) is 0 Å². The monoisotopic (exact) mass is 203 g/mol. The number of benzene rings is 1. The van der Waals surface area contributed by atoms with Crippen LogP contribution in [-0.4, -0.2) is 19.0 Å². The Balaban J connectivity index is 2.47. The molecule has 0 radical (unpaired) electrons. The zero-order valence-electron chi connectivity index (χ0n) is 9.63. The molecule has 0 N–H and O–H groups in total. The van der Waals surface area contributed by atoms with E-state index in [4.69, 9.17) is 4.74 Å². The molecule has 0 amide bonds. The van der Waals surface area contributed by atoms with Gasteiger partial charge in [0.1, 0.15) is 0 Å². The first-order valence-electron chi connectivity index (χ1n) is 5.44. The van der Waals surface area contributed by atoms with Gasteiger partial charge < -0.3 is 4.74 Å². The molecule has 0 saturated carbocycles. The molecule has 0 atom stereocenters. The van der Waals surface area contributed by atoms with E-state index in [1.165, 1.54) is 22.3 Å². The molecule has 80 valence electrons. The average molecular weight is 203 g/mol. The van der Waals surface area contributed by atoms with Crippen LogP contribution in [0.2, 0.25) is 0 Å². The fourth-order valence-corrected chi connectivity index (χ4v) is 2.13. The zero-order valence-corrected chi connectivity index (χ0v) is 9.63. The van der Waals surface area contributed by atoms with Crippen molar-refractivity contribution >= 4 is 5.90 Å². The lowest BCUT2D eigenvalue weighted by atomic mass is 9.99. The van der Waals surface area contributed by atoms with Crippen molar-refractivity contribution in [2.24, 2.45) is 4.99 Å². The highest BCUT2D eigenvalue weighted by Crippen LogP contribution is 2.19. The molecule has 2 rings (SSSR count). The molecule has 0 spiro atoms. The molecule has 0 unspecified atom stereocenters. The lowest BCUT2D eigenvalue weighted by Gasteiger charge is -2.17. The number of ether oxygens (including phenoxy) is 1. The molecule has 0 aliphatic carbocycles. The summed E-state index contributed by atoms with van der Waals surface area (Å²) < 4.78 is 5.62. The number of aryl methyl sites for hydroxylation is 3. The molecule has 0 saturated heterocycles. The summed E-state index contributed by atoms with van der Waals surface area (Å²) in [6, 6.07) is 4.37. The number of hydrogen-bond donors (Lipinski definition) is 0. The largest absolute Gasteiger partial charge is 0.477 e. The Kier molecular flexibility index (Phi) is 2.76. The Morgan fingerprint density at radius 1 is 1.13 bits per heavy atom. The second-order valence-corrected chi connectivity index (χ2v) is 4.16. The van der Waals surface area contributed by atoms with Crippen LogP contribution in [0.15, 0.2) is 17.1 Å². The van der Waals surface area contributed by atoms with Gasteiger partial charge in [-0.2, -0.15) is 0 Å². The van der Waals surface area contributed by atoms with Crippen molar-refractivity contribution in [1.82, 2.24) is 0 Å². The molecule has 0 aromatic heterocycles. The maximum absolute atomic E-state index is 5.62. The van der Waals surface area contributed by atoms with Gasteiger partial charge in [-0.25, -0.2) is 0 Å². The van der Waals surface area contributed by atoms with Crippen molar-refractivity contribution in [3.63, 3.8) is 0 Å². The van der Waals surface area contributed by atoms with Crippen LogP contribution in [0.5, 0.6) is 0 Å². The van der Waals surface area contributed by atoms with Crippen LogP contribution in [0.1, 0.15) is 28.7 Å². The number of hydrogen-bond acceptors (Lipinski definition) is 2. The molecule has 2 nitrogen and oxygen atoms in total. The standard InChI is InChI=1S/C13H17NO/c1-9-7-10(2)12(11(3)8-9)13-14-5-4-6-15-13/h7-8H,4-6H2,1-3H3. The van der Waals surface area contributed by atoms with E-state index in [1.807, 2.05) is 0 Å². The molecule has 0 bridgehead atoms. The van der Waals surface area contributed by atoms with Gasteiger partial charge >= 0.3 is 0 Å². The van der Waals surface area contributed by atoms with Crippen molar-refractivity contribution in [2.75, 3.05) is 13.2 Å². The van der Waals surface area contributed by atoms with Gasteiger partial charge in [-0.1, -0.05) is 17.7 Å². The molecule has 0 fully saturated rings. The number of nitrogens with zero attached hydrogens (tertiary/aromatic N) is 1. The van der Waals surface area contributed by atoms with Gasteiger partial charge in [-0.3, -0.25) is 4.99 Å². The van der Waals surface area contributed by atoms with Gasteiger partial charge in [0, 0.05) is 18.5 Å². The van der Waals surface area contributed by atoms with Crippen molar-refractivity contribution < 1.29 is 4.74 Å². The Labute approximate surface area is 91.0 Å². The van der Waals surface area contributed by atoms with Crippen molar-refractivity contribution in [3.05, 3.63) is 34.4 Å². The van der Waals surface area contributed by atoms with Gasteiger partial charge in [0.05, 0.1) is 6.61 Å². The van der Waals surface area contributed by atoms with Crippen LogP contribution < -0.4 is 0 Å². The molecule has 1 heterocycles. The molecule has 1 aromatic rings. The summed E-state index contributed by atoms with van der Waals surface area (Å²) in [7, 11) is 0. The molecule has 1 aromatic carbocycles. The molecule has 15 heavy (non-hydrogen) atoms.